The van der Waals surface area contributed by atoms with Crippen molar-refractivity contribution >= 4 is 57.8 Å². The Hall–Kier alpha value is -2.61. The Morgan fingerprint density at radius 1 is 1.05 bits per heavy atom. The van der Waals surface area contributed by atoms with Crippen LogP contribution in [0.15, 0.2) is 62.9 Å². The number of nitrogens with zero attached hydrogens (tertiary/aromatic N) is 2. The molecule has 0 atom stereocenters. The average molecular weight is 580 g/mol. The first-order valence-corrected chi connectivity index (χ1v) is 16.2. The van der Waals surface area contributed by atoms with Gasteiger partial charge in [-0.25, -0.2) is 9.78 Å². The number of pyridine rings is 1. The van der Waals surface area contributed by atoms with Crippen molar-refractivity contribution in [3.05, 3.63) is 70.6 Å². The first-order valence-electron chi connectivity index (χ1n) is 13.3. The van der Waals surface area contributed by atoms with Gasteiger partial charge in [0.1, 0.15) is 16.4 Å². The summed E-state index contributed by atoms with van der Waals surface area (Å²) in [5.74, 6) is 0.788. The molecule has 39 heavy (non-hydrogen) atoms. The highest BCUT2D eigenvalue weighted by Crippen LogP contribution is 2.39. The third-order valence-electron chi connectivity index (χ3n) is 7.36. The van der Waals surface area contributed by atoms with E-state index < -0.39 is 0 Å². The second kappa shape index (κ2) is 12.3. The van der Waals surface area contributed by atoms with E-state index in [-0.39, 0.29) is 12.1 Å². The van der Waals surface area contributed by atoms with Crippen LogP contribution in [-0.4, -0.2) is 34.5 Å². The monoisotopic (exact) mass is 579 g/mol. The van der Waals surface area contributed by atoms with Crippen LogP contribution in [0.1, 0.15) is 49.1 Å². The van der Waals surface area contributed by atoms with Crippen molar-refractivity contribution in [3.8, 4) is 11.1 Å². The van der Waals surface area contributed by atoms with Gasteiger partial charge < -0.3 is 14.6 Å². The number of carbonyl (C=O) groups excluding carboxylic acids is 1. The Kier molecular flexibility index (Phi) is 8.79. The van der Waals surface area contributed by atoms with Gasteiger partial charge in [-0.15, -0.1) is 23.5 Å². The molecule has 4 aromatic rings. The molecule has 204 valence electrons. The number of carbonyl (C=O) groups is 1. The Labute approximate surface area is 244 Å². The molecule has 0 aliphatic heterocycles. The van der Waals surface area contributed by atoms with E-state index in [2.05, 4.69) is 24.4 Å². The van der Waals surface area contributed by atoms with Crippen molar-refractivity contribution in [1.82, 2.24) is 9.88 Å². The number of furan rings is 1. The topological polar surface area (TPSA) is 58.4 Å². The third-order valence-corrected chi connectivity index (χ3v) is 9.06. The standard InChI is InChI=1S/C31H34ClN3O2S2/c1-19-10-15-25-24(16-19)28(21-11-13-22(32)14-12-21)26(37-25)18-35(23-8-6-5-7-9-23)31(36)34-29-27(38-3)17-20(2)33-30(29)39-4/h10-17,23H,5-9,18H2,1-4H3,(H,34,36). The minimum absolute atomic E-state index is 0.114. The van der Waals surface area contributed by atoms with E-state index in [9.17, 15) is 4.79 Å². The van der Waals surface area contributed by atoms with E-state index in [1.54, 1.807) is 23.5 Å². The Bertz CT molecular complexity index is 1450. The first kappa shape index (κ1) is 27.9. The summed E-state index contributed by atoms with van der Waals surface area (Å²) in [5, 5.41) is 5.83. The van der Waals surface area contributed by atoms with E-state index in [4.69, 9.17) is 21.0 Å². The fraction of sp³-hybridized carbons (Fsp3) is 0.355. The lowest BCUT2D eigenvalue weighted by molar-refractivity contribution is 0.157. The molecule has 5 nitrogen and oxygen atoms in total. The zero-order valence-electron chi connectivity index (χ0n) is 22.8. The SMILES string of the molecule is CSc1cc(C)nc(SC)c1NC(=O)N(Cc1oc2ccc(C)cc2c1-c1ccc(Cl)cc1)C1CCCCC1. The molecule has 2 aromatic heterocycles. The van der Waals surface area contributed by atoms with Gasteiger partial charge in [0, 0.05) is 32.6 Å². The van der Waals surface area contributed by atoms with Gasteiger partial charge in [0.2, 0.25) is 0 Å². The zero-order chi connectivity index (χ0) is 27.5. The molecule has 0 bridgehead atoms. The van der Waals surface area contributed by atoms with Crippen LogP contribution in [0.3, 0.4) is 0 Å². The molecule has 0 spiro atoms. The number of rotatable bonds is 7. The average Bonchev–Trinajstić information content (AvgIpc) is 3.30. The van der Waals surface area contributed by atoms with Gasteiger partial charge in [-0.2, -0.15) is 0 Å². The zero-order valence-corrected chi connectivity index (χ0v) is 25.2. The van der Waals surface area contributed by atoms with E-state index in [0.717, 1.165) is 80.4 Å². The number of thioether (sulfide) groups is 2. The maximum atomic E-state index is 14.1. The van der Waals surface area contributed by atoms with Crippen LogP contribution in [0.5, 0.6) is 0 Å². The van der Waals surface area contributed by atoms with Crippen LogP contribution in [0.4, 0.5) is 10.5 Å². The molecular weight excluding hydrogens is 546 g/mol. The normalized spacial score (nSPS) is 14.1. The van der Waals surface area contributed by atoms with Crippen LogP contribution in [-0.2, 0) is 6.54 Å². The molecule has 2 heterocycles. The Balaban J connectivity index is 1.57. The van der Waals surface area contributed by atoms with Gasteiger partial charge in [-0.05, 0) is 75.1 Å². The highest BCUT2D eigenvalue weighted by molar-refractivity contribution is 7.99. The summed E-state index contributed by atoms with van der Waals surface area (Å²) in [5.41, 5.74) is 5.75. The number of hydrogen-bond acceptors (Lipinski definition) is 5. The molecule has 1 N–H and O–H groups in total. The third kappa shape index (κ3) is 6.11. The number of benzene rings is 2. The summed E-state index contributed by atoms with van der Waals surface area (Å²) >= 11 is 9.40. The molecule has 2 aromatic carbocycles. The van der Waals surface area contributed by atoms with Crippen molar-refractivity contribution in [2.24, 2.45) is 0 Å². The minimum Gasteiger partial charge on any atom is -0.459 e. The van der Waals surface area contributed by atoms with Gasteiger partial charge in [0.15, 0.2) is 0 Å². The molecule has 8 heteroatoms. The van der Waals surface area contributed by atoms with Gasteiger partial charge in [0.05, 0.1) is 12.2 Å². The van der Waals surface area contributed by atoms with Crippen molar-refractivity contribution in [2.75, 3.05) is 17.8 Å². The number of halogens is 1. The quantitative estimate of drug-likeness (QED) is 0.221. The minimum atomic E-state index is -0.114. The molecular formula is C31H34ClN3O2S2. The Morgan fingerprint density at radius 3 is 2.49 bits per heavy atom. The predicted molar refractivity (Wildman–Crippen MR) is 165 cm³/mol. The number of hydrogen-bond donors (Lipinski definition) is 1. The lowest BCUT2D eigenvalue weighted by atomic mass is 9.94. The van der Waals surface area contributed by atoms with Crippen LogP contribution in [0, 0.1) is 13.8 Å². The molecule has 1 saturated carbocycles. The second-order valence-electron chi connectivity index (χ2n) is 10.1. The molecule has 0 radical (unpaired) electrons. The molecule has 1 aliphatic carbocycles. The number of anilines is 1. The van der Waals surface area contributed by atoms with Crippen LogP contribution >= 0.6 is 35.1 Å². The number of aryl methyl sites for hydroxylation is 2. The van der Waals surface area contributed by atoms with E-state index >= 15 is 0 Å². The number of amides is 2. The number of nitrogens with one attached hydrogen (secondary N) is 1. The van der Waals surface area contributed by atoms with Crippen molar-refractivity contribution in [3.63, 3.8) is 0 Å². The molecule has 2 amide bonds. The lowest BCUT2D eigenvalue weighted by Gasteiger charge is -2.34. The van der Waals surface area contributed by atoms with Crippen LogP contribution < -0.4 is 5.32 Å². The highest BCUT2D eigenvalue weighted by Gasteiger charge is 2.30. The Morgan fingerprint density at radius 2 is 1.79 bits per heavy atom. The highest BCUT2D eigenvalue weighted by atomic mass is 35.5. The summed E-state index contributed by atoms with van der Waals surface area (Å²) in [6.45, 7) is 4.45. The van der Waals surface area contributed by atoms with Crippen molar-refractivity contribution < 1.29 is 9.21 Å². The number of urea groups is 1. The maximum absolute atomic E-state index is 14.1. The molecule has 0 unspecified atom stereocenters. The van der Waals surface area contributed by atoms with Crippen LogP contribution in [0.25, 0.3) is 22.1 Å². The van der Waals surface area contributed by atoms with Gasteiger partial charge in [-0.1, -0.05) is 54.6 Å². The molecule has 5 rings (SSSR count). The summed E-state index contributed by atoms with van der Waals surface area (Å²) in [6, 6.07) is 16.1. The summed E-state index contributed by atoms with van der Waals surface area (Å²) in [4.78, 5) is 21.8. The molecule has 0 saturated heterocycles. The fourth-order valence-electron chi connectivity index (χ4n) is 5.44. The predicted octanol–water partition coefficient (Wildman–Crippen LogP) is 9.58. The van der Waals surface area contributed by atoms with Crippen LogP contribution in [0.2, 0.25) is 5.02 Å². The van der Waals surface area contributed by atoms with Gasteiger partial charge >= 0.3 is 6.03 Å². The van der Waals surface area contributed by atoms with Gasteiger partial charge in [-0.3, -0.25) is 0 Å². The maximum Gasteiger partial charge on any atom is 0.322 e. The molecule has 1 fully saturated rings. The van der Waals surface area contributed by atoms with Crippen molar-refractivity contribution in [1.29, 1.82) is 0 Å². The summed E-state index contributed by atoms with van der Waals surface area (Å²) in [7, 11) is 0. The molecule has 1 aliphatic rings. The van der Waals surface area contributed by atoms with E-state index in [0.29, 0.717) is 11.6 Å². The van der Waals surface area contributed by atoms with E-state index in [1.807, 2.05) is 60.7 Å². The largest absolute Gasteiger partial charge is 0.459 e. The second-order valence-corrected chi connectivity index (χ2v) is 12.2. The number of aromatic nitrogens is 1. The summed E-state index contributed by atoms with van der Waals surface area (Å²) in [6.07, 6.45) is 9.45. The van der Waals surface area contributed by atoms with Gasteiger partial charge in [0.25, 0.3) is 0 Å². The fourth-order valence-corrected chi connectivity index (χ4v) is 6.87. The summed E-state index contributed by atoms with van der Waals surface area (Å²) < 4.78 is 6.49. The lowest BCUT2D eigenvalue weighted by Crippen LogP contribution is -2.43. The number of fused-ring (bicyclic) bond motifs is 1. The van der Waals surface area contributed by atoms with Crippen molar-refractivity contribution in [2.45, 2.75) is 68.5 Å². The van der Waals surface area contributed by atoms with E-state index in [1.165, 1.54) is 6.42 Å². The smallest absolute Gasteiger partial charge is 0.322 e. The first-order chi connectivity index (χ1) is 18.9.